The zero-order chi connectivity index (χ0) is 4.99. The Labute approximate surface area is 42.9 Å². The second-order valence-electron chi connectivity index (χ2n) is 0.827. The molecule has 6 heavy (non-hydrogen) atoms. The standard InChI is InChI=1S/C4H7NS/c1-2-3-4(5)6/h2-3,6H,1,5H2/b4-3+. The minimum Gasteiger partial charge on any atom is -0.394 e. The van der Waals surface area contributed by atoms with Crippen LogP contribution in [0, 0.1) is 0 Å². The third kappa shape index (κ3) is 3.63. The minimum atomic E-state index is 0.491. The van der Waals surface area contributed by atoms with Gasteiger partial charge >= 0.3 is 0 Å². The third-order valence-corrected chi connectivity index (χ3v) is 0.438. The number of allylic oxidation sites excluding steroid dienone is 2. The van der Waals surface area contributed by atoms with Crippen LogP contribution in [0.5, 0.6) is 0 Å². The SMILES string of the molecule is C=C/C=C(\N)S. The molecule has 2 heteroatoms. The molecule has 0 aliphatic carbocycles. The van der Waals surface area contributed by atoms with Gasteiger partial charge in [-0.2, -0.15) is 0 Å². The van der Waals surface area contributed by atoms with Gasteiger partial charge in [-0.05, 0) is 6.08 Å². The summed E-state index contributed by atoms with van der Waals surface area (Å²) >= 11 is 3.75. The van der Waals surface area contributed by atoms with Gasteiger partial charge in [0.25, 0.3) is 0 Å². The van der Waals surface area contributed by atoms with E-state index in [0.29, 0.717) is 5.03 Å². The molecule has 0 fully saturated rings. The molecule has 0 aliphatic rings. The first kappa shape index (κ1) is 5.63. The van der Waals surface area contributed by atoms with Gasteiger partial charge in [0.05, 0.1) is 5.03 Å². The molecule has 2 N–H and O–H groups in total. The van der Waals surface area contributed by atoms with Crippen LogP contribution in [0.4, 0.5) is 0 Å². The zero-order valence-corrected chi connectivity index (χ0v) is 4.28. The zero-order valence-electron chi connectivity index (χ0n) is 3.39. The summed E-state index contributed by atoms with van der Waals surface area (Å²) in [7, 11) is 0. The summed E-state index contributed by atoms with van der Waals surface area (Å²) in [6.07, 6.45) is 3.20. The first-order valence-electron chi connectivity index (χ1n) is 1.54. The van der Waals surface area contributed by atoms with Gasteiger partial charge in [-0.3, -0.25) is 0 Å². The smallest absolute Gasteiger partial charge is 0.0623 e. The molecule has 1 nitrogen and oxygen atoms in total. The first-order chi connectivity index (χ1) is 2.77. The van der Waals surface area contributed by atoms with E-state index in [1.54, 1.807) is 12.2 Å². The lowest BCUT2D eigenvalue weighted by Crippen LogP contribution is -1.83. The van der Waals surface area contributed by atoms with Crippen LogP contribution in [0.2, 0.25) is 0 Å². The van der Waals surface area contributed by atoms with Gasteiger partial charge in [0, 0.05) is 0 Å². The molecule has 0 amide bonds. The van der Waals surface area contributed by atoms with Crippen molar-refractivity contribution in [3.05, 3.63) is 23.8 Å². The number of rotatable bonds is 1. The maximum atomic E-state index is 5.06. The van der Waals surface area contributed by atoms with E-state index in [1.807, 2.05) is 0 Å². The molecule has 0 aromatic rings. The molecule has 0 unspecified atom stereocenters. The van der Waals surface area contributed by atoms with Crippen LogP contribution >= 0.6 is 12.6 Å². The van der Waals surface area contributed by atoms with Crippen LogP contribution in [0.3, 0.4) is 0 Å². The Morgan fingerprint density at radius 2 is 2.33 bits per heavy atom. The van der Waals surface area contributed by atoms with Crippen LogP contribution in [0.25, 0.3) is 0 Å². The summed E-state index contributed by atoms with van der Waals surface area (Å²) in [6, 6.07) is 0. The molecular formula is C4H7NS. The van der Waals surface area contributed by atoms with Gasteiger partial charge in [-0.15, -0.1) is 12.6 Å². The highest BCUT2D eigenvalue weighted by Crippen LogP contribution is 1.85. The lowest BCUT2D eigenvalue weighted by atomic mass is 10.6. The Bertz CT molecular complexity index is 71.6. The highest BCUT2D eigenvalue weighted by molar-refractivity contribution is 7.84. The summed E-state index contributed by atoms with van der Waals surface area (Å²) < 4.78 is 0. The summed E-state index contributed by atoms with van der Waals surface area (Å²) in [5.74, 6) is 0. The topological polar surface area (TPSA) is 26.0 Å². The number of hydrogen-bond acceptors (Lipinski definition) is 2. The van der Waals surface area contributed by atoms with Gasteiger partial charge in [0.15, 0.2) is 0 Å². The lowest BCUT2D eigenvalue weighted by Gasteiger charge is -1.77. The highest BCUT2D eigenvalue weighted by Gasteiger charge is 1.64. The van der Waals surface area contributed by atoms with Crippen molar-refractivity contribution in [3.8, 4) is 0 Å². The van der Waals surface area contributed by atoms with E-state index in [2.05, 4.69) is 19.2 Å². The monoisotopic (exact) mass is 101 g/mol. The Kier molecular flexibility index (Phi) is 2.67. The molecule has 0 spiro atoms. The van der Waals surface area contributed by atoms with E-state index in [9.17, 15) is 0 Å². The molecule has 0 aliphatic heterocycles. The van der Waals surface area contributed by atoms with Crippen LogP contribution in [0.1, 0.15) is 0 Å². The van der Waals surface area contributed by atoms with Gasteiger partial charge in [0.2, 0.25) is 0 Å². The van der Waals surface area contributed by atoms with Crippen LogP contribution < -0.4 is 5.73 Å². The number of thiol groups is 1. The van der Waals surface area contributed by atoms with Gasteiger partial charge < -0.3 is 5.73 Å². The average Bonchev–Trinajstić information content (AvgIpc) is 1.35. The predicted octanol–water partition coefficient (Wildman–Crippen LogP) is 0.902. The average molecular weight is 101 g/mol. The highest BCUT2D eigenvalue weighted by atomic mass is 32.1. The largest absolute Gasteiger partial charge is 0.394 e. The second kappa shape index (κ2) is 2.85. The fourth-order valence-electron chi connectivity index (χ4n) is 0.121. The maximum Gasteiger partial charge on any atom is 0.0623 e. The van der Waals surface area contributed by atoms with Gasteiger partial charge in [-0.1, -0.05) is 12.7 Å². The van der Waals surface area contributed by atoms with E-state index >= 15 is 0 Å². The van der Waals surface area contributed by atoms with Crippen molar-refractivity contribution in [3.63, 3.8) is 0 Å². The van der Waals surface area contributed by atoms with E-state index < -0.39 is 0 Å². The molecule has 0 rings (SSSR count). The minimum absolute atomic E-state index is 0.491. The third-order valence-electron chi connectivity index (χ3n) is 0.289. The molecule has 34 valence electrons. The summed E-state index contributed by atoms with van der Waals surface area (Å²) in [4.78, 5) is 0. The van der Waals surface area contributed by atoms with Crippen molar-refractivity contribution in [1.29, 1.82) is 0 Å². The summed E-state index contributed by atoms with van der Waals surface area (Å²) in [5, 5.41) is 0.491. The van der Waals surface area contributed by atoms with E-state index in [0.717, 1.165) is 0 Å². The van der Waals surface area contributed by atoms with Crippen molar-refractivity contribution in [2.24, 2.45) is 5.73 Å². The molecule has 0 saturated carbocycles. The Balaban J connectivity index is 3.41. The quantitative estimate of drug-likeness (QED) is 0.372. The fourth-order valence-corrected chi connectivity index (χ4v) is 0.226. The van der Waals surface area contributed by atoms with E-state index in [1.165, 1.54) is 0 Å². The maximum absolute atomic E-state index is 5.06. The second-order valence-corrected chi connectivity index (χ2v) is 1.34. The molecule has 0 saturated heterocycles. The van der Waals surface area contributed by atoms with Crippen molar-refractivity contribution < 1.29 is 0 Å². The van der Waals surface area contributed by atoms with E-state index in [4.69, 9.17) is 5.73 Å². The predicted molar refractivity (Wildman–Crippen MR) is 31.5 cm³/mol. The van der Waals surface area contributed by atoms with Crippen LogP contribution in [-0.4, -0.2) is 0 Å². The van der Waals surface area contributed by atoms with Crippen molar-refractivity contribution in [2.45, 2.75) is 0 Å². The molecule has 0 heterocycles. The van der Waals surface area contributed by atoms with Crippen molar-refractivity contribution in [1.82, 2.24) is 0 Å². The van der Waals surface area contributed by atoms with E-state index in [-0.39, 0.29) is 0 Å². The van der Waals surface area contributed by atoms with Gasteiger partial charge in [0.1, 0.15) is 0 Å². The Hall–Kier alpha value is -0.370. The molecule has 0 radical (unpaired) electrons. The van der Waals surface area contributed by atoms with Crippen LogP contribution in [0.15, 0.2) is 23.8 Å². The first-order valence-corrected chi connectivity index (χ1v) is 1.99. The fraction of sp³-hybridized carbons (Fsp3) is 0. The molecule has 0 aromatic heterocycles. The van der Waals surface area contributed by atoms with Crippen LogP contribution in [-0.2, 0) is 0 Å². The molecule has 0 bridgehead atoms. The Morgan fingerprint density at radius 3 is 2.33 bits per heavy atom. The lowest BCUT2D eigenvalue weighted by molar-refractivity contribution is 1.56. The summed E-state index contributed by atoms with van der Waals surface area (Å²) in [5.41, 5.74) is 5.06. The number of nitrogens with two attached hydrogens (primary N) is 1. The molecule has 0 atom stereocenters. The normalized spacial score (nSPS) is 11.2. The summed E-state index contributed by atoms with van der Waals surface area (Å²) in [6.45, 7) is 3.40. The molecular weight excluding hydrogens is 94.1 g/mol. The Morgan fingerprint density at radius 1 is 1.83 bits per heavy atom. The van der Waals surface area contributed by atoms with Crippen molar-refractivity contribution >= 4 is 12.6 Å². The molecule has 0 aromatic carbocycles. The van der Waals surface area contributed by atoms with Gasteiger partial charge in [-0.25, -0.2) is 0 Å². The number of hydrogen-bond donors (Lipinski definition) is 2. The van der Waals surface area contributed by atoms with Crippen molar-refractivity contribution in [2.75, 3.05) is 0 Å².